The van der Waals surface area contributed by atoms with Gasteiger partial charge in [0.05, 0.1) is 6.61 Å². The van der Waals surface area contributed by atoms with Crippen LogP contribution in [0.1, 0.15) is 18.4 Å². The quantitative estimate of drug-likeness (QED) is 0.776. The molecule has 0 aliphatic heterocycles. The Morgan fingerprint density at radius 1 is 1.44 bits per heavy atom. The zero-order valence-corrected chi connectivity index (χ0v) is 10.3. The average molecular weight is 240 g/mol. The lowest BCUT2D eigenvalue weighted by Gasteiger charge is -2.11. The Morgan fingerprint density at radius 3 is 2.50 bits per heavy atom. The molecule has 1 rings (SSSR count). The number of hydrogen-bond donors (Lipinski definition) is 1. The lowest BCUT2D eigenvalue weighted by molar-refractivity contribution is -0.140. The largest absolute Gasteiger partial charge is 0.481 e. The van der Waals surface area contributed by atoms with E-state index in [0.717, 1.165) is 16.2 Å². The molecule has 0 heterocycles. The van der Waals surface area contributed by atoms with Crippen molar-refractivity contribution in [1.82, 2.24) is 0 Å². The summed E-state index contributed by atoms with van der Waals surface area (Å²) in [6, 6.07) is 7.62. The summed E-state index contributed by atoms with van der Waals surface area (Å²) >= 11 is 1.74. The summed E-state index contributed by atoms with van der Waals surface area (Å²) in [4.78, 5) is 12.2. The van der Waals surface area contributed by atoms with E-state index in [9.17, 15) is 4.79 Å². The van der Waals surface area contributed by atoms with Crippen LogP contribution < -0.4 is 0 Å². The van der Waals surface area contributed by atoms with Gasteiger partial charge in [0.25, 0.3) is 0 Å². The van der Waals surface area contributed by atoms with Crippen LogP contribution in [0.4, 0.5) is 0 Å². The van der Waals surface area contributed by atoms with Gasteiger partial charge in [0, 0.05) is 12.0 Å². The Labute approximate surface area is 99.8 Å². The summed E-state index contributed by atoms with van der Waals surface area (Å²) < 4.78 is 4.91. The van der Waals surface area contributed by atoms with Crippen molar-refractivity contribution < 1.29 is 14.6 Å². The van der Waals surface area contributed by atoms with Crippen LogP contribution in [0, 0.1) is 0 Å². The Kier molecular flexibility index (Phi) is 5.35. The second-order valence-electron chi connectivity index (χ2n) is 3.35. The molecule has 0 fully saturated rings. The molecular formula is C12H16O3S. The van der Waals surface area contributed by atoms with Crippen LogP contribution in [-0.2, 0) is 9.53 Å². The van der Waals surface area contributed by atoms with Crippen molar-refractivity contribution in [3.8, 4) is 0 Å². The molecule has 88 valence electrons. The summed E-state index contributed by atoms with van der Waals surface area (Å²) in [6.07, 6.45) is 0. The van der Waals surface area contributed by atoms with Gasteiger partial charge in [-0.1, -0.05) is 19.1 Å². The zero-order chi connectivity index (χ0) is 12.0. The van der Waals surface area contributed by atoms with Crippen molar-refractivity contribution in [1.29, 1.82) is 0 Å². The van der Waals surface area contributed by atoms with E-state index in [2.05, 4.69) is 6.92 Å². The summed E-state index contributed by atoms with van der Waals surface area (Å²) in [5.41, 5.74) is 0.787. The third kappa shape index (κ3) is 3.54. The molecule has 0 aliphatic carbocycles. The normalized spacial score (nSPS) is 12.4. The number of thioether (sulfide) groups is 1. The van der Waals surface area contributed by atoms with Gasteiger partial charge in [0.15, 0.2) is 0 Å². The predicted molar refractivity (Wildman–Crippen MR) is 65.1 cm³/mol. The molecule has 0 radical (unpaired) electrons. The monoisotopic (exact) mass is 240 g/mol. The van der Waals surface area contributed by atoms with Crippen LogP contribution in [0.15, 0.2) is 29.2 Å². The van der Waals surface area contributed by atoms with Crippen LogP contribution in [0.25, 0.3) is 0 Å². The van der Waals surface area contributed by atoms with E-state index >= 15 is 0 Å². The Morgan fingerprint density at radius 2 is 2.06 bits per heavy atom. The maximum absolute atomic E-state index is 11.0. The number of carboxylic acids is 1. The number of benzene rings is 1. The molecule has 1 unspecified atom stereocenters. The first kappa shape index (κ1) is 13.1. The summed E-state index contributed by atoms with van der Waals surface area (Å²) in [6.45, 7) is 2.29. The number of carbonyl (C=O) groups is 1. The Hall–Kier alpha value is -1.00. The van der Waals surface area contributed by atoms with Crippen LogP contribution >= 0.6 is 11.8 Å². The van der Waals surface area contributed by atoms with E-state index in [0.29, 0.717) is 0 Å². The Bertz CT molecular complexity index is 335. The maximum Gasteiger partial charge on any atom is 0.313 e. The van der Waals surface area contributed by atoms with Gasteiger partial charge in [-0.25, -0.2) is 0 Å². The highest BCUT2D eigenvalue weighted by Crippen LogP contribution is 2.22. The summed E-state index contributed by atoms with van der Waals surface area (Å²) in [5.74, 6) is -0.414. The molecule has 0 spiro atoms. The highest BCUT2D eigenvalue weighted by Gasteiger charge is 2.19. The maximum atomic E-state index is 11.0. The van der Waals surface area contributed by atoms with E-state index in [1.54, 1.807) is 11.8 Å². The van der Waals surface area contributed by atoms with Crippen LogP contribution in [0.2, 0.25) is 0 Å². The smallest absolute Gasteiger partial charge is 0.313 e. The van der Waals surface area contributed by atoms with Gasteiger partial charge in [-0.3, -0.25) is 4.79 Å². The average Bonchev–Trinajstić information content (AvgIpc) is 2.27. The number of ether oxygens (including phenoxy) is 1. The first-order chi connectivity index (χ1) is 7.69. The van der Waals surface area contributed by atoms with Crippen molar-refractivity contribution in [3.63, 3.8) is 0 Å². The second kappa shape index (κ2) is 6.55. The van der Waals surface area contributed by atoms with E-state index in [4.69, 9.17) is 9.84 Å². The second-order valence-corrected chi connectivity index (χ2v) is 4.69. The fourth-order valence-electron chi connectivity index (χ4n) is 1.44. The van der Waals surface area contributed by atoms with Gasteiger partial charge in [-0.15, -0.1) is 11.8 Å². The lowest BCUT2D eigenvalue weighted by atomic mass is 10.0. The minimum absolute atomic E-state index is 0.204. The number of methoxy groups -OCH3 is 1. The highest BCUT2D eigenvalue weighted by atomic mass is 32.2. The van der Waals surface area contributed by atoms with Crippen molar-refractivity contribution in [2.75, 3.05) is 19.5 Å². The molecule has 1 aromatic carbocycles. The molecule has 16 heavy (non-hydrogen) atoms. The molecule has 0 aliphatic rings. The van der Waals surface area contributed by atoms with Gasteiger partial charge in [-0.05, 0) is 23.4 Å². The fraction of sp³-hybridized carbons (Fsp3) is 0.417. The minimum Gasteiger partial charge on any atom is -0.481 e. The van der Waals surface area contributed by atoms with E-state index < -0.39 is 11.9 Å². The van der Waals surface area contributed by atoms with E-state index in [1.807, 2.05) is 24.3 Å². The number of rotatable bonds is 6. The molecule has 1 atom stereocenters. The van der Waals surface area contributed by atoms with Crippen molar-refractivity contribution in [2.45, 2.75) is 17.7 Å². The molecule has 0 saturated carbocycles. The van der Waals surface area contributed by atoms with Crippen molar-refractivity contribution in [3.05, 3.63) is 29.8 Å². The minimum atomic E-state index is -0.849. The molecule has 0 amide bonds. The summed E-state index contributed by atoms with van der Waals surface area (Å²) in [5, 5.41) is 9.05. The molecular weight excluding hydrogens is 224 g/mol. The third-order valence-electron chi connectivity index (χ3n) is 2.22. The van der Waals surface area contributed by atoms with Gasteiger partial charge in [0.2, 0.25) is 0 Å². The van der Waals surface area contributed by atoms with Crippen molar-refractivity contribution in [2.24, 2.45) is 0 Å². The SMILES string of the molecule is CCSc1ccc(C(COC)C(=O)O)cc1. The zero-order valence-electron chi connectivity index (χ0n) is 9.47. The van der Waals surface area contributed by atoms with Crippen LogP contribution in [0.5, 0.6) is 0 Å². The first-order valence-corrected chi connectivity index (χ1v) is 6.12. The molecule has 0 bridgehead atoms. The van der Waals surface area contributed by atoms with E-state index in [1.165, 1.54) is 7.11 Å². The van der Waals surface area contributed by atoms with Gasteiger partial charge < -0.3 is 9.84 Å². The predicted octanol–water partition coefficient (Wildman–Crippen LogP) is 2.61. The van der Waals surface area contributed by atoms with Gasteiger partial charge in [-0.2, -0.15) is 0 Å². The van der Waals surface area contributed by atoms with Crippen LogP contribution in [-0.4, -0.2) is 30.5 Å². The van der Waals surface area contributed by atoms with Gasteiger partial charge in [0.1, 0.15) is 5.92 Å². The fourth-order valence-corrected chi connectivity index (χ4v) is 2.10. The molecule has 0 aromatic heterocycles. The number of aliphatic carboxylic acids is 1. The van der Waals surface area contributed by atoms with E-state index in [-0.39, 0.29) is 6.61 Å². The number of hydrogen-bond acceptors (Lipinski definition) is 3. The molecule has 4 heteroatoms. The molecule has 1 aromatic rings. The first-order valence-electron chi connectivity index (χ1n) is 5.13. The Balaban J connectivity index is 2.81. The highest BCUT2D eigenvalue weighted by molar-refractivity contribution is 7.99. The standard InChI is InChI=1S/C12H16O3S/c1-3-16-10-6-4-9(5-7-10)11(8-15-2)12(13)14/h4-7,11H,3,8H2,1-2H3,(H,13,14). The number of carboxylic acid groups (broad SMARTS) is 1. The lowest BCUT2D eigenvalue weighted by Crippen LogP contribution is -2.16. The van der Waals surface area contributed by atoms with Gasteiger partial charge >= 0.3 is 5.97 Å². The van der Waals surface area contributed by atoms with Crippen LogP contribution in [0.3, 0.4) is 0 Å². The summed E-state index contributed by atoms with van der Waals surface area (Å²) in [7, 11) is 1.51. The molecule has 1 N–H and O–H groups in total. The topological polar surface area (TPSA) is 46.5 Å². The third-order valence-corrected chi connectivity index (χ3v) is 3.12. The molecule has 0 saturated heterocycles. The van der Waals surface area contributed by atoms with Crippen molar-refractivity contribution >= 4 is 17.7 Å². The molecule has 3 nitrogen and oxygen atoms in total.